The summed E-state index contributed by atoms with van der Waals surface area (Å²) in [5.41, 5.74) is -1.05. The van der Waals surface area contributed by atoms with Gasteiger partial charge in [0.2, 0.25) is 0 Å². The lowest BCUT2D eigenvalue weighted by Gasteiger charge is -2.16. The van der Waals surface area contributed by atoms with Crippen LogP contribution in [0.1, 0.15) is 41.3 Å². The van der Waals surface area contributed by atoms with Gasteiger partial charge < -0.3 is 9.88 Å². The number of carbonyl (C=O) groups excluding carboxylic acids is 1. The molecule has 4 nitrogen and oxygen atoms in total. The fraction of sp³-hybridized carbons (Fsp3) is 0.250. The molecule has 0 bridgehead atoms. The molecule has 0 saturated heterocycles. The van der Waals surface area contributed by atoms with E-state index in [1.165, 1.54) is 59.3 Å². The largest absolute Gasteiger partial charge is 0.417 e. The zero-order chi connectivity index (χ0) is 23.3. The van der Waals surface area contributed by atoms with E-state index in [1.54, 1.807) is 0 Å². The number of alkyl halides is 3. The summed E-state index contributed by atoms with van der Waals surface area (Å²) in [7, 11) is 0. The molecule has 1 heterocycles. The monoisotopic (exact) mass is 446 g/mol. The van der Waals surface area contributed by atoms with Gasteiger partial charge in [-0.1, -0.05) is 43.7 Å². The average molecular weight is 446 g/mol. The van der Waals surface area contributed by atoms with Crippen LogP contribution in [0.25, 0.3) is 11.1 Å². The molecule has 3 rings (SSSR count). The molecule has 1 amide bonds. The lowest BCUT2D eigenvalue weighted by molar-refractivity contribution is -0.137. The SMILES string of the molecule is CCCCn1cc(-c2ccccc2C(F)(F)F)cc(C(=O)NCc2ccc(F)cc2)c1=O. The minimum absolute atomic E-state index is 0.0386. The van der Waals surface area contributed by atoms with E-state index < -0.39 is 29.0 Å². The number of amides is 1. The normalized spacial score (nSPS) is 11.4. The number of hydrogen-bond acceptors (Lipinski definition) is 2. The Hall–Kier alpha value is -3.42. The molecule has 0 unspecified atom stereocenters. The molecule has 1 N–H and O–H groups in total. The summed E-state index contributed by atoms with van der Waals surface area (Å²) in [6.07, 6.45) is -1.84. The number of pyridine rings is 1. The van der Waals surface area contributed by atoms with Crippen molar-refractivity contribution in [1.82, 2.24) is 9.88 Å². The lowest BCUT2D eigenvalue weighted by atomic mass is 9.99. The molecule has 0 fully saturated rings. The van der Waals surface area contributed by atoms with Crippen LogP contribution in [-0.2, 0) is 19.3 Å². The van der Waals surface area contributed by atoms with E-state index in [9.17, 15) is 27.2 Å². The number of halogens is 4. The molecule has 2 aromatic carbocycles. The number of hydrogen-bond donors (Lipinski definition) is 1. The Kier molecular flexibility index (Phi) is 7.12. The number of nitrogens with one attached hydrogen (secondary N) is 1. The van der Waals surface area contributed by atoms with E-state index in [0.717, 1.165) is 12.5 Å². The van der Waals surface area contributed by atoms with Crippen molar-refractivity contribution in [3.05, 3.63) is 93.7 Å². The average Bonchev–Trinajstić information content (AvgIpc) is 2.77. The van der Waals surface area contributed by atoms with Crippen molar-refractivity contribution in [2.45, 2.75) is 39.0 Å². The van der Waals surface area contributed by atoms with E-state index in [0.29, 0.717) is 12.0 Å². The molecule has 8 heteroatoms. The van der Waals surface area contributed by atoms with Crippen LogP contribution in [0.2, 0.25) is 0 Å². The number of aryl methyl sites for hydroxylation is 1. The Morgan fingerprint density at radius 2 is 1.75 bits per heavy atom. The Morgan fingerprint density at radius 3 is 2.41 bits per heavy atom. The highest BCUT2D eigenvalue weighted by atomic mass is 19.4. The highest BCUT2D eigenvalue weighted by Gasteiger charge is 2.33. The van der Waals surface area contributed by atoms with Gasteiger partial charge in [-0.05, 0) is 47.4 Å². The maximum Gasteiger partial charge on any atom is 0.417 e. The van der Waals surface area contributed by atoms with Gasteiger partial charge in [0.05, 0.1) is 5.56 Å². The number of aromatic nitrogens is 1. The molecule has 0 aliphatic carbocycles. The number of carbonyl (C=O) groups is 1. The van der Waals surface area contributed by atoms with Gasteiger partial charge in [0, 0.05) is 19.3 Å². The Balaban J connectivity index is 2.02. The molecule has 0 saturated carbocycles. The van der Waals surface area contributed by atoms with Crippen molar-refractivity contribution < 1.29 is 22.4 Å². The summed E-state index contributed by atoms with van der Waals surface area (Å²) in [5, 5.41) is 2.59. The van der Waals surface area contributed by atoms with Crippen LogP contribution in [0.4, 0.5) is 17.6 Å². The maximum atomic E-state index is 13.5. The first kappa shape index (κ1) is 23.2. The van der Waals surface area contributed by atoms with E-state index >= 15 is 0 Å². The van der Waals surface area contributed by atoms with Gasteiger partial charge in [-0.3, -0.25) is 9.59 Å². The third-order valence-electron chi connectivity index (χ3n) is 4.99. The van der Waals surface area contributed by atoms with Crippen molar-refractivity contribution in [1.29, 1.82) is 0 Å². The summed E-state index contributed by atoms with van der Waals surface area (Å²) in [4.78, 5) is 25.6. The van der Waals surface area contributed by atoms with Crippen molar-refractivity contribution in [3.63, 3.8) is 0 Å². The summed E-state index contributed by atoms with van der Waals surface area (Å²) in [6.45, 7) is 2.23. The molecule has 0 aliphatic heterocycles. The zero-order valence-electron chi connectivity index (χ0n) is 17.4. The molecule has 3 aromatic rings. The van der Waals surface area contributed by atoms with Crippen LogP contribution < -0.4 is 10.9 Å². The molecule has 1 aromatic heterocycles. The van der Waals surface area contributed by atoms with Gasteiger partial charge in [-0.15, -0.1) is 0 Å². The number of nitrogens with zero attached hydrogens (tertiary/aromatic N) is 1. The maximum absolute atomic E-state index is 13.5. The van der Waals surface area contributed by atoms with Gasteiger partial charge >= 0.3 is 6.18 Å². The van der Waals surface area contributed by atoms with Gasteiger partial charge in [-0.25, -0.2) is 4.39 Å². The lowest BCUT2D eigenvalue weighted by Crippen LogP contribution is -2.33. The molecular weight excluding hydrogens is 424 g/mol. The van der Waals surface area contributed by atoms with Crippen LogP contribution in [0, 0.1) is 5.82 Å². The summed E-state index contributed by atoms with van der Waals surface area (Å²) < 4.78 is 55.0. The quantitative estimate of drug-likeness (QED) is 0.494. The predicted molar refractivity (Wildman–Crippen MR) is 114 cm³/mol. The number of benzene rings is 2. The van der Waals surface area contributed by atoms with E-state index in [-0.39, 0.29) is 29.8 Å². The first-order chi connectivity index (χ1) is 15.2. The second-order valence-electron chi connectivity index (χ2n) is 7.35. The Morgan fingerprint density at radius 1 is 1.06 bits per heavy atom. The number of unbranched alkanes of at least 4 members (excludes halogenated alkanes) is 1. The topological polar surface area (TPSA) is 51.1 Å². The van der Waals surface area contributed by atoms with Crippen LogP contribution in [-0.4, -0.2) is 10.5 Å². The van der Waals surface area contributed by atoms with Crippen LogP contribution in [0.15, 0.2) is 65.6 Å². The van der Waals surface area contributed by atoms with Crippen molar-refractivity contribution in [2.24, 2.45) is 0 Å². The second-order valence-corrected chi connectivity index (χ2v) is 7.35. The summed E-state index contributed by atoms with van der Waals surface area (Å²) in [5.74, 6) is -1.13. The smallest absolute Gasteiger partial charge is 0.348 e. The summed E-state index contributed by atoms with van der Waals surface area (Å²) in [6, 6.07) is 11.7. The molecule has 0 atom stereocenters. The van der Waals surface area contributed by atoms with Gasteiger partial charge in [-0.2, -0.15) is 13.2 Å². The molecule has 0 aliphatic rings. The van der Waals surface area contributed by atoms with Gasteiger partial charge in [0.15, 0.2) is 0 Å². The van der Waals surface area contributed by atoms with Crippen LogP contribution >= 0.6 is 0 Å². The zero-order valence-corrected chi connectivity index (χ0v) is 17.4. The molecule has 0 spiro atoms. The van der Waals surface area contributed by atoms with E-state index in [2.05, 4.69) is 5.32 Å². The van der Waals surface area contributed by atoms with Gasteiger partial charge in [0.25, 0.3) is 11.5 Å². The third-order valence-corrected chi connectivity index (χ3v) is 4.99. The first-order valence-corrected chi connectivity index (χ1v) is 10.1. The summed E-state index contributed by atoms with van der Waals surface area (Å²) >= 11 is 0. The molecular formula is C24H22F4N2O2. The highest BCUT2D eigenvalue weighted by Crippen LogP contribution is 2.36. The highest BCUT2D eigenvalue weighted by molar-refractivity contribution is 5.95. The fourth-order valence-corrected chi connectivity index (χ4v) is 3.30. The van der Waals surface area contributed by atoms with Crippen LogP contribution in [0.5, 0.6) is 0 Å². The first-order valence-electron chi connectivity index (χ1n) is 10.1. The third kappa shape index (κ3) is 5.43. The van der Waals surface area contributed by atoms with Gasteiger partial charge in [0.1, 0.15) is 11.4 Å². The fourth-order valence-electron chi connectivity index (χ4n) is 3.30. The minimum atomic E-state index is -4.59. The Labute approximate surface area is 182 Å². The second kappa shape index (κ2) is 9.80. The minimum Gasteiger partial charge on any atom is -0.348 e. The standard InChI is InChI=1S/C24H22F4N2O2/c1-2-3-12-30-15-17(19-6-4-5-7-21(19)24(26,27)28)13-20(23(30)32)22(31)29-14-16-8-10-18(25)11-9-16/h4-11,13,15H,2-3,12,14H2,1H3,(H,29,31). The van der Waals surface area contributed by atoms with Crippen molar-refractivity contribution >= 4 is 5.91 Å². The van der Waals surface area contributed by atoms with Crippen molar-refractivity contribution in [3.8, 4) is 11.1 Å². The van der Waals surface area contributed by atoms with Crippen LogP contribution in [0.3, 0.4) is 0 Å². The molecule has 168 valence electrons. The van der Waals surface area contributed by atoms with E-state index in [1.807, 2.05) is 6.92 Å². The predicted octanol–water partition coefficient (Wildman–Crippen LogP) is 5.40. The van der Waals surface area contributed by atoms with E-state index in [4.69, 9.17) is 0 Å². The van der Waals surface area contributed by atoms with Crippen molar-refractivity contribution in [2.75, 3.05) is 0 Å². The molecule has 32 heavy (non-hydrogen) atoms. The molecule has 0 radical (unpaired) electrons. The number of rotatable bonds is 7. The Bertz CT molecular complexity index is 1150.